The van der Waals surface area contributed by atoms with Crippen LogP contribution >= 0.6 is 0 Å². The van der Waals surface area contributed by atoms with Gasteiger partial charge in [-0.2, -0.15) is 5.10 Å². The van der Waals surface area contributed by atoms with E-state index in [2.05, 4.69) is 20.7 Å². The average molecular weight is 382 g/mol. The summed E-state index contributed by atoms with van der Waals surface area (Å²) in [5, 5.41) is 9.79. The molecule has 0 fully saturated rings. The van der Waals surface area contributed by atoms with Crippen molar-refractivity contribution in [3.8, 4) is 5.69 Å². The summed E-state index contributed by atoms with van der Waals surface area (Å²) in [6, 6.07) is 8.48. The van der Waals surface area contributed by atoms with Gasteiger partial charge >= 0.3 is 12.0 Å². The Morgan fingerprint density at radius 1 is 1.14 bits per heavy atom. The first-order valence-corrected chi connectivity index (χ1v) is 8.99. The number of rotatable bonds is 8. The Labute approximate surface area is 162 Å². The van der Waals surface area contributed by atoms with Crippen molar-refractivity contribution in [2.75, 3.05) is 18.5 Å². The zero-order chi connectivity index (χ0) is 19.8. The molecule has 2 heterocycles. The average Bonchev–Trinajstić information content (AvgIpc) is 3.38. The first-order chi connectivity index (χ1) is 13.7. The summed E-state index contributed by atoms with van der Waals surface area (Å²) in [4.78, 5) is 27.6. The van der Waals surface area contributed by atoms with Crippen molar-refractivity contribution in [2.45, 2.75) is 19.9 Å². The largest absolute Gasteiger partial charge is 0.461 e. The van der Waals surface area contributed by atoms with Crippen molar-refractivity contribution >= 4 is 17.7 Å². The molecule has 0 aliphatic carbocycles. The van der Waals surface area contributed by atoms with Crippen molar-refractivity contribution in [1.82, 2.24) is 24.6 Å². The number of esters is 1. The highest BCUT2D eigenvalue weighted by Crippen LogP contribution is 2.13. The van der Waals surface area contributed by atoms with Gasteiger partial charge in [-0.05, 0) is 43.7 Å². The number of benzene rings is 1. The lowest BCUT2D eigenvalue weighted by Gasteiger charge is -2.09. The normalized spacial score (nSPS) is 10.5. The number of aryl methyl sites for hydroxylation is 1. The van der Waals surface area contributed by atoms with E-state index in [4.69, 9.17) is 4.74 Å². The molecule has 146 valence electrons. The molecule has 0 spiro atoms. The highest BCUT2D eigenvalue weighted by Gasteiger charge is 2.11. The quantitative estimate of drug-likeness (QED) is 0.460. The molecule has 2 amide bonds. The Bertz CT molecular complexity index is 902. The molecule has 0 unspecified atom stereocenters. The Kier molecular flexibility index (Phi) is 6.40. The van der Waals surface area contributed by atoms with Gasteiger partial charge in [0.1, 0.15) is 0 Å². The second-order valence-electron chi connectivity index (χ2n) is 5.95. The third kappa shape index (κ3) is 5.19. The Balaban J connectivity index is 1.47. The van der Waals surface area contributed by atoms with E-state index >= 15 is 0 Å². The minimum atomic E-state index is -0.454. The number of aromatic nitrogens is 4. The number of amides is 2. The third-order valence-corrected chi connectivity index (χ3v) is 3.90. The molecule has 9 heteroatoms. The van der Waals surface area contributed by atoms with Gasteiger partial charge in [-0.3, -0.25) is 0 Å². The van der Waals surface area contributed by atoms with Crippen molar-refractivity contribution in [1.29, 1.82) is 0 Å². The molecule has 0 bridgehead atoms. The lowest BCUT2D eigenvalue weighted by molar-refractivity contribution is 0.0519. The van der Waals surface area contributed by atoms with Crippen LogP contribution in [0.1, 0.15) is 23.8 Å². The molecule has 0 atom stereocenters. The second kappa shape index (κ2) is 9.36. The van der Waals surface area contributed by atoms with E-state index < -0.39 is 5.97 Å². The van der Waals surface area contributed by atoms with Crippen LogP contribution in [-0.2, 0) is 11.3 Å². The fourth-order valence-electron chi connectivity index (χ4n) is 2.54. The molecule has 2 aromatic heterocycles. The zero-order valence-electron chi connectivity index (χ0n) is 15.5. The van der Waals surface area contributed by atoms with E-state index in [9.17, 15) is 9.59 Å². The predicted octanol–water partition coefficient (Wildman–Crippen LogP) is 2.46. The van der Waals surface area contributed by atoms with E-state index in [0.29, 0.717) is 18.8 Å². The molecule has 3 aromatic rings. The molecule has 9 nitrogen and oxygen atoms in total. The number of ether oxygens (including phenoxy) is 1. The van der Waals surface area contributed by atoms with E-state index in [-0.39, 0.29) is 11.7 Å². The number of carbonyl (C=O) groups excluding carboxylic acids is 2. The van der Waals surface area contributed by atoms with Gasteiger partial charge in [0.15, 0.2) is 5.69 Å². The highest BCUT2D eigenvalue weighted by molar-refractivity contribution is 5.89. The summed E-state index contributed by atoms with van der Waals surface area (Å²) in [6.07, 6.45) is 7.85. The van der Waals surface area contributed by atoms with Crippen molar-refractivity contribution in [2.24, 2.45) is 0 Å². The molecule has 0 radical (unpaired) electrons. The number of hydrogen-bond acceptors (Lipinski definition) is 5. The Hall–Kier alpha value is -3.62. The summed E-state index contributed by atoms with van der Waals surface area (Å²) in [5.41, 5.74) is 1.68. The number of urea groups is 1. The van der Waals surface area contributed by atoms with Gasteiger partial charge in [-0.25, -0.2) is 19.3 Å². The maximum atomic E-state index is 12.0. The molecule has 3 rings (SSSR count). The fraction of sp³-hybridized carbons (Fsp3) is 0.263. The van der Waals surface area contributed by atoms with Crippen molar-refractivity contribution in [3.05, 3.63) is 60.9 Å². The lowest BCUT2D eigenvalue weighted by Crippen LogP contribution is -2.30. The standard InChI is InChI=1S/C19H22N6O3/c1-2-28-18(26)17-8-12-25(23-17)16-6-4-15(5-7-16)22-19(27)21-9-3-11-24-13-10-20-14-24/h4-8,10,12-14H,2-3,9,11H2,1H3,(H2,21,22,27). The van der Waals surface area contributed by atoms with Crippen LogP contribution < -0.4 is 10.6 Å². The summed E-state index contributed by atoms with van der Waals surface area (Å²) in [5.74, 6) is -0.454. The predicted molar refractivity (Wildman–Crippen MR) is 103 cm³/mol. The van der Waals surface area contributed by atoms with E-state index in [1.165, 1.54) is 0 Å². The van der Waals surface area contributed by atoms with Gasteiger partial charge in [0.05, 0.1) is 18.6 Å². The molecule has 0 saturated carbocycles. The van der Waals surface area contributed by atoms with Gasteiger partial charge in [-0.1, -0.05) is 0 Å². The van der Waals surface area contributed by atoms with Crippen molar-refractivity contribution < 1.29 is 14.3 Å². The van der Waals surface area contributed by atoms with Crippen LogP contribution in [-0.4, -0.2) is 44.5 Å². The van der Waals surface area contributed by atoms with E-state index in [1.54, 1.807) is 60.7 Å². The summed E-state index contributed by atoms with van der Waals surface area (Å²) >= 11 is 0. The smallest absolute Gasteiger partial charge is 0.358 e. The second-order valence-corrected chi connectivity index (χ2v) is 5.95. The SMILES string of the molecule is CCOC(=O)c1ccn(-c2ccc(NC(=O)NCCCn3ccnc3)cc2)n1. The fourth-order valence-corrected chi connectivity index (χ4v) is 2.54. The number of nitrogens with zero attached hydrogens (tertiary/aromatic N) is 4. The molecule has 2 N–H and O–H groups in total. The van der Waals surface area contributed by atoms with E-state index in [1.807, 2.05) is 10.8 Å². The van der Waals surface area contributed by atoms with Gasteiger partial charge in [-0.15, -0.1) is 0 Å². The number of carbonyl (C=O) groups is 2. The molecular weight excluding hydrogens is 360 g/mol. The van der Waals surface area contributed by atoms with Gasteiger partial charge < -0.3 is 19.9 Å². The molecule has 0 aliphatic heterocycles. The lowest BCUT2D eigenvalue weighted by atomic mass is 10.3. The maximum Gasteiger partial charge on any atom is 0.358 e. The van der Waals surface area contributed by atoms with Crippen LogP contribution in [0.3, 0.4) is 0 Å². The molecule has 0 saturated heterocycles. The number of anilines is 1. The number of imidazole rings is 1. The summed E-state index contributed by atoms with van der Waals surface area (Å²) in [6.45, 7) is 3.41. The zero-order valence-corrected chi connectivity index (χ0v) is 15.5. The minimum Gasteiger partial charge on any atom is -0.461 e. The van der Waals surface area contributed by atoms with Crippen molar-refractivity contribution in [3.63, 3.8) is 0 Å². The highest BCUT2D eigenvalue weighted by atomic mass is 16.5. The van der Waals surface area contributed by atoms with Crippen LogP contribution in [0.2, 0.25) is 0 Å². The van der Waals surface area contributed by atoms with Crippen LogP contribution in [0.15, 0.2) is 55.2 Å². The molecular formula is C19H22N6O3. The first kappa shape index (κ1) is 19.2. The molecule has 0 aliphatic rings. The van der Waals surface area contributed by atoms with Crippen LogP contribution in [0.4, 0.5) is 10.5 Å². The monoisotopic (exact) mass is 382 g/mol. The molecule has 28 heavy (non-hydrogen) atoms. The van der Waals surface area contributed by atoms with Gasteiger partial charge in [0.25, 0.3) is 0 Å². The number of nitrogens with one attached hydrogen (secondary N) is 2. The third-order valence-electron chi connectivity index (χ3n) is 3.90. The van der Waals surface area contributed by atoms with Gasteiger partial charge in [0.2, 0.25) is 0 Å². The summed E-state index contributed by atoms with van der Waals surface area (Å²) in [7, 11) is 0. The first-order valence-electron chi connectivity index (χ1n) is 8.99. The summed E-state index contributed by atoms with van der Waals surface area (Å²) < 4.78 is 8.46. The maximum absolute atomic E-state index is 12.0. The van der Waals surface area contributed by atoms with E-state index in [0.717, 1.165) is 18.7 Å². The molecule has 1 aromatic carbocycles. The number of hydrogen-bond donors (Lipinski definition) is 2. The van der Waals surface area contributed by atoms with Crippen LogP contribution in [0.25, 0.3) is 5.69 Å². The Morgan fingerprint density at radius 2 is 1.96 bits per heavy atom. The topological polar surface area (TPSA) is 103 Å². The minimum absolute atomic E-state index is 0.249. The van der Waals surface area contributed by atoms with Crippen LogP contribution in [0, 0.1) is 0 Å². The Morgan fingerprint density at radius 3 is 2.68 bits per heavy atom. The van der Waals surface area contributed by atoms with Gasteiger partial charge in [0, 0.05) is 37.4 Å². The van der Waals surface area contributed by atoms with Crippen LogP contribution in [0.5, 0.6) is 0 Å².